The van der Waals surface area contributed by atoms with E-state index in [9.17, 15) is 4.79 Å². The molecule has 1 heterocycles. The number of aromatic carboxylic acids is 1. The molecule has 0 bridgehead atoms. The lowest BCUT2D eigenvalue weighted by atomic mass is 10.1. The Morgan fingerprint density at radius 2 is 2.15 bits per heavy atom. The van der Waals surface area contributed by atoms with Crippen molar-refractivity contribution in [2.45, 2.75) is 13.8 Å². The summed E-state index contributed by atoms with van der Waals surface area (Å²) in [5, 5.41) is 25.4. The van der Waals surface area contributed by atoms with Crippen LogP contribution in [0.4, 0.5) is 11.5 Å². The van der Waals surface area contributed by atoms with Gasteiger partial charge in [0, 0.05) is 12.7 Å². The van der Waals surface area contributed by atoms with Crippen molar-refractivity contribution in [3.05, 3.63) is 40.6 Å². The number of hydrogen-bond donors (Lipinski definition) is 2. The molecule has 0 amide bonds. The molecule has 20 heavy (non-hydrogen) atoms. The molecule has 2 aromatic rings. The lowest BCUT2D eigenvalue weighted by Crippen LogP contribution is -2.03. The minimum atomic E-state index is -0.955. The molecule has 2 N–H and O–H groups in total. The Hall–Kier alpha value is -2.81. The Labute approximate surface area is 116 Å². The first-order chi connectivity index (χ1) is 9.43. The summed E-state index contributed by atoms with van der Waals surface area (Å²) in [5.74, 6) is -0.365. The quantitative estimate of drug-likeness (QED) is 0.893. The summed E-state index contributed by atoms with van der Waals surface area (Å²) in [5.41, 5.74) is 2.76. The maximum absolute atomic E-state index is 11.0. The van der Waals surface area contributed by atoms with E-state index < -0.39 is 5.97 Å². The number of aryl methyl sites for hydroxylation is 3. The largest absolute Gasteiger partial charge is 0.478 e. The number of nitrogens with one attached hydrogen (secondary N) is 1. The van der Waals surface area contributed by atoms with Gasteiger partial charge in [-0.1, -0.05) is 0 Å². The molecule has 2 rings (SSSR count). The van der Waals surface area contributed by atoms with Gasteiger partial charge in [-0.2, -0.15) is 10.4 Å². The molecule has 0 aliphatic carbocycles. The molecule has 1 aromatic carbocycles. The number of aromatic nitrogens is 2. The topological polar surface area (TPSA) is 90.9 Å². The number of nitrogens with zero attached hydrogens (tertiary/aromatic N) is 3. The summed E-state index contributed by atoms with van der Waals surface area (Å²) < 4.78 is 1.59. The fourth-order valence-corrected chi connectivity index (χ4v) is 2.05. The summed E-state index contributed by atoms with van der Waals surface area (Å²) in [6.07, 6.45) is 0. The van der Waals surface area contributed by atoms with Crippen LogP contribution in [0.1, 0.15) is 27.2 Å². The third-order valence-electron chi connectivity index (χ3n) is 3.05. The maximum atomic E-state index is 11.0. The van der Waals surface area contributed by atoms with Crippen LogP contribution in [0.15, 0.2) is 18.2 Å². The number of anilines is 2. The summed E-state index contributed by atoms with van der Waals surface area (Å²) in [6.45, 7) is 3.50. The van der Waals surface area contributed by atoms with Crippen molar-refractivity contribution in [3.63, 3.8) is 0 Å². The van der Waals surface area contributed by atoms with Gasteiger partial charge in [-0.15, -0.1) is 0 Å². The fourth-order valence-electron chi connectivity index (χ4n) is 2.05. The summed E-state index contributed by atoms with van der Waals surface area (Å²) in [6, 6.07) is 7.04. The molecule has 0 saturated heterocycles. The minimum absolute atomic E-state index is 0.261. The van der Waals surface area contributed by atoms with Crippen molar-refractivity contribution < 1.29 is 9.90 Å². The van der Waals surface area contributed by atoms with Gasteiger partial charge in [0.15, 0.2) is 0 Å². The highest BCUT2D eigenvalue weighted by molar-refractivity contribution is 5.90. The zero-order valence-electron chi connectivity index (χ0n) is 11.4. The zero-order valence-corrected chi connectivity index (χ0v) is 11.4. The Balaban J connectivity index is 2.39. The Kier molecular flexibility index (Phi) is 3.44. The van der Waals surface area contributed by atoms with Crippen LogP contribution in [0.2, 0.25) is 0 Å². The first-order valence-electron chi connectivity index (χ1n) is 5.98. The summed E-state index contributed by atoms with van der Waals surface area (Å²) in [7, 11) is 1.74. The van der Waals surface area contributed by atoms with Crippen molar-refractivity contribution >= 4 is 17.5 Å². The van der Waals surface area contributed by atoms with E-state index >= 15 is 0 Å². The average Bonchev–Trinajstić information content (AvgIpc) is 2.63. The van der Waals surface area contributed by atoms with E-state index in [0.29, 0.717) is 28.3 Å². The van der Waals surface area contributed by atoms with Crippen LogP contribution in [0.3, 0.4) is 0 Å². The van der Waals surface area contributed by atoms with Crippen LogP contribution in [0.25, 0.3) is 0 Å². The maximum Gasteiger partial charge on any atom is 0.335 e. The summed E-state index contributed by atoms with van der Waals surface area (Å²) >= 11 is 0. The SMILES string of the molecule is Cc1cc(Nc2c(C#N)c(C)nn2C)ccc1C(=O)O. The van der Waals surface area contributed by atoms with Gasteiger partial charge < -0.3 is 10.4 Å². The number of nitriles is 1. The molecule has 0 aliphatic rings. The zero-order chi connectivity index (χ0) is 14.9. The molecular weight excluding hydrogens is 256 g/mol. The smallest absolute Gasteiger partial charge is 0.335 e. The number of carboxylic acid groups (broad SMARTS) is 1. The van der Waals surface area contributed by atoms with Gasteiger partial charge in [0.2, 0.25) is 0 Å². The number of carboxylic acids is 1. The van der Waals surface area contributed by atoms with Crippen molar-refractivity contribution in [2.75, 3.05) is 5.32 Å². The Morgan fingerprint density at radius 3 is 2.70 bits per heavy atom. The molecule has 6 nitrogen and oxygen atoms in total. The van der Waals surface area contributed by atoms with E-state index in [1.54, 1.807) is 37.7 Å². The van der Waals surface area contributed by atoms with E-state index in [-0.39, 0.29) is 5.56 Å². The second kappa shape index (κ2) is 5.05. The van der Waals surface area contributed by atoms with Crippen LogP contribution in [-0.2, 0) is 7.05 Å². The van der Waals surface area contributed by atoms with Crippen LogP contribution in [0.5, 0.6) is 0 Å². The number of hydrogen-bond acceptors (Lipinski definition) is 4. The first-order valence-corrected chi connectivity index (χ1v) is 5.98. The molecule has 0 aliphatic heterocycles. The molecule has 0 saturated carbocycles. The van der Waals surface area contributed by atoms with Crippen molar-refractivity contribution in [2.24, 2.45) is 7.05 Å². The van der Waals surface area contributed by atoms with Crippen LogP contribution in [0, 0.1) is 25.2 Å². The molecule has 102 valence electrons. The van der Waals surface area contributed by atoms with Gasteiger partial charge in [-0.05, 0) is 37.6 Å². The number of benzene rings is 1. The third kappa shape index (κ3) is 2.34. The number of rotatable bonds is 3. The van der Waals surface area contributed by atoms with Crippen LogP contribution < -0.4 is 5.32 Å². The van der Waals surface area contributed by atoms with Crippen molar-refractivity contribution in [3.8, 4) is 6.07 Å². The van der Waals surface area contributed by atoms with E-state index in [4.69, 9.17) is 10.4 Å². The van der Waals surface area contributed by atoms with Crippen LogP contribution in [-0.4, -0.2) is 20.9 Å². The molecule has 6 heteroatoms. The fraction of sp³-hybridized carbons (Fsp3) is 0.214. The lowest BCUT2D eigenvalue weighted by molar-refractivity contribution is 0.0696. The van der Waals surface area contributed by atoms with Gasteiger partial charge in [-0.3, -0.25) is 4.68 Å². The molecular formula is C14H14N4O2. The Morgan fingerprint density at radius 1 is 1.45 bits per heavy atom. The second-order valence-corrected chi connectivity index (χ2v) is 4.50. The van der Waals surface area contributed by atoms with Gasteiger partial charge in [-0.25, -0.2) is 4.79 Å². The molecule has 0 spiro atoms. The van der Waals surface area contributed by atoms with Gasteiger partial charge in [0.05, 0.1) is 11.3 Å². The highest BCUT2D eigenvalue weighted by atomic mass is 16.4. The predicted molar refractivity (Wildman–Crippen MR) is 74.1 cm³/mol. The second-order valence-electron chi connectivity index (χ2n) is 4.50. The predicted octanol–water partition coefficient (Wildman–Crippen LogP) is 2.35. The highest BCUT2D eigenvalue weighted by Crippen LogP contribution is 2.24. The van der Waals surface area contributed by atoms with E-state index in [1.807, 2.05) is 0 Å². The summed E-state index contributed by atoms with van der Waals surface area (Å²) in [4.78, 5) is 11.0. The minimum Gasteiger partial charge on any atom is -0.478 e. The molecule has 0 unspecified atom stereocenters. The molecule has 1 aromatic heterocycles. The standard InChI is InChI=1S/C14H14N4O2/c1-8-6-10(4-5-11(8)14(19)20)16-13-12(7-15)9(2)17-18(13)3/h4-6,16H,1-3H3,(H,19,20). The van der Waals surface area contributed by atoms with Gasteiger partial charge in [0.1, 0.15) is 17.5 Å². The number of carbonyl (C=O) groups is 1. The van der Waals surface area contributed by atoms with Gasteiger partial charge in [0.25, 0.3) is 0 Å². The third-order valence-corrected chi connectivity index (χ3v) is 3.05. The van der Waals surface area contributed by atoms with Crippen LogP contribution >= 0.6 is 0 Å². The molecule has 0 atom stereocenters. The van der Waals surface area contributed by atoms with E-state index in [1.165, 1.54) is 6.07 Å². The normalized spacial score (nSPS) is 10.1. The van der Waals surface area contributed by atoms with Crippen molar-refractivity contribution in [1.82, 2.24) is 9.78 Å². The highest BCUT2D eigenvalue weighted by Gasteiger charge is 2.14. The van der Waals surface area contributed by atoms with E-state index in [2.05, 4.69) is 16.5 Å². The van der Waals surface area contributed by atoms with Gasteiger partial charge >= 0.3 is 5.97 Å². The average molecular weight is 270 g/mol. The molecule has 0 fully saturated rings. The lowest BCUT2D eigenvalue weighted by Gasteiger charge is -2.09. The Bertz CT molecular complexity index is 726. The van der Waals surface area contributed by atoms with Crippen molar-refractivity contribution in [1.29, 1.82) is 5.26 Å². The molecule has 0 radical (unpaired) electrons. The first kappa shape index (κ1) is 13.6. The van der Waals surface area contributed by atoms with E-state index in [0.717, 1.165) is 0 Å². The monoisotopic (exact) mass is 270 g/mol.